The molecule has 4 atom stereocenters. The summed E-state index contributed by atoms with van der Waals surface area (Å²) in [4.78, 5) is 14.1. The van der Waals surface area contributed by atoms with Crippen LogP contribution >= 0.6 is 0 Å². The largest absolute Gasteiger partial charge is 0.416 e. The summed E-state index contributed by atoms with van der Waals surface area (Å²) in [6.07, 6.45) is -21.8. The van der Waals surface area contributed by atoms with Crippen molar-refractivity contribution >= 4 is 41.0 Å². The molecule has 0 spiro atoms. The second-order valence-electron chi connectivity index (χ2n) is 21.6. The summed E-state index contributed by atoms with van der Waals surface area (Å²) in [6.45, 7) is 24.4. The average molecular weight is 973 g/mol. The Balaban J connectivity index is 1.73. The minimum atomic E-state index is -5.39. The number of halogens is 12. The molecule has 0 radical (unpaired) electrons. The smallest absolute Gasteiger partial charge is 0.412 e. The topological polar surface area (TPSA) is 43.5 Å². The van der Waals surface area contributed by atoms with Gasteiger partial charge in [0.2, 0.25) is 0 Å². The van der Waals surface area contributed by atoms with Crippen molar-refractivity contribution < 1.29 is 66.3 Å². The van der Waals surface area contributed by atoms with Crippen LogP contribution in [0, 0.1) is 0 Å². The number of aromatic nitrogens is 1. The van der Waals surface area contributed by atoms with Gasteiger partial charge in [-0.3, -0.25) is 4.79 Å². The number of fused-ring (bicyclic) bond motifs is 5. The van der Waals surface area contributed by atoms with Gasteiger partial charge in [0.1, 0.15) is 0 Å². The zero-order valence-corrected chi connectivity index (χ0v) is 41.2. The van der Waals surface area contributed by atoms with E-state index in [1.807, 2.05) is 33.9 Å². The number of hydrogen-bond acceptors (Lipinski definition) is 4. The fourth-order valence-corrected chi connectivity index (χ4v) is 17.7. The number of carbonyl (C=O) groups excluding carboxylic acids is 1. The van der Waals surface area contributed by atoms with Crippen LogP contribution in [0.1, 0.15) is 137 Å². The predicted molar refractivity (Wildman–Crippen MR) is 227 cm³/mol. The zero-order valence-electron chi connectivity index (χ0n) is 38.2. The van der Waals surface area contributed by atoms with E-state index in [-0.39, 0.29) is 47.6 Å². The van der Waals surface area contributed by atoms with Crippen LogP contribution in [0.25, 0.3) is 0 Å². The lowest BCUT2D eigenvalue weighted by atomic mass is 9.90. The first kappa shape index (κ1) is 50.5. The Morgan fingerprint density at radius 3 is 1.38 bits per heavy atom. The van der Waals surface area contributed by atoms with E-state index >= 15 is 0 Å². The molecular formula is C44H56F12N2O3Si3. The Hall–Kier alpha value is -2.92. The highest BCUT2D eigenvalue weighted by molar-refractivity contribution is 7.02. The predicted octanol–water partition coefficient (Wildman–Crippen LogP) is 13.4. The molecule has 1 fully saturated rings. The Morgan fingerprint density at radius 1 is 0.609 bits per heavy atom. The van der Waals surface area contributed by atoms with E-state index < -0.39 is 105 Å². The first-order chi connectivity index (χ1) is 28.6. The van der Waals surface area contributed by atoms with Crippen molar-refractivity contribution in [3.05, 3.63) is 81.2 Å². The second kappa shape index (κ2) is 15.3. The quantitative estimate of drug-likeness (QED) is 0.128. The molecule has 0 N–H and O–H groups in total. The van der Waals surface area contributed by atoms with Crippen LogP contribution in [0.15, 0.2) is 36.4 Å². The Morgan fingerprint density at radius 2 is 1.02 bits per heavy atom. The second-order valence-corrected chi connectivity index (χ2v) is 35.7. The molecule has 0 bridgehead atoms. The molecule has 2 aromatic carbocycles. The lowest BCUT2D eigenvalue weighted by molar-refractivity contribution is -0.144. The normalized spacial score (nSPS) is 21.5. The zero-order chi connectivity index (χ0) is 48.7. The molecule has 0 saturated carbocycles. The molecule has 1 saturated heterocycles. The van der Waals surface area contributed by atoms with E-state index in [4.69, 9.17) is 8.85 Å². The van der Waals surface area contributed by atoms with Crippen LogP contribution in [-0.2, 0) is 46.7 Å². The Bertz CT molecular complexity index is 2190. The molecule has 20 heteroatoms. The Kier molecular flexibility index (Phi) is 12.1. The van der Waals surface area contributed by atoms with E-state index in [1.54, 1.807) is 9.13 Å². The van der Waals surface area contributed by atoms with Crippen LogP contribution in [0.2, 0.25) is 41.3 Å². The number of alkyl halides is 12. The van der Waals surface area contributed by atoms with Gasteiger partial charge in [-0.15, -0.1) is 0 Å². The standard InChI is InChI=1S/C44H56F12N2O3Si3/c1-38(2,3)62(10,11)60-23-30-34-33(61-63(12,13)39(4,5)6)15-14-32(59)37(34)57-22-31-36(35(30)57)58(31)64(40(7,8)9,28-18-24(41(45,46)47)16-25(19-28)42(48,49)50)29-20-26(43(51,52)53)17-27(21-29)44(54,55)56/h16-21,31,33,36H,14-15,22-23H2,1-13H3/t31-,33?,36-,58?/m0/s1. The van der Waals surface area contributed by atoms with Crippen LogP contribution in [0.4, 0.5) is 52.7 Å². The van der Waals surface area contributed by atoms with E-state index in [2.05, 4.69) is 33.9 Å². The van der Waals surface area contributed by atoms with Gasteiger partial charge >= 0.3 is 24.7 Å². The molecule has 5 nitrogen and oxygen atoms in total. The van der Waals surface area contributed by atoms with E-state index in [9.17, 15) is 57.5 Å². The monoisotopic (exact) mass is 972 g/mol. The molecule has 0 amide bonds. The fourth-order valence-electron chi connectivity index (χ4n) is 9.15. The maximum absolute atomic E-state index is 14.7. The number of benzene rings is 2. The maximum atomic E-state index is 14.7. The van der Waals surface area contributed by atoms with Crippen LogP contribution in [0.5, 0.6) is 0 Å². The van der Waals surface area contributed by atoms with Crippen molar-refractivity contribution in [1.82, 2.24) is 9.13 Å². The van der Waals surface area contributed by atoms with Gasteiger partial charge in [-0.1, -0.05) is 62.3 Å². The highest BCUT2D eigenvalue weighted by Gasteiger charge is 2.70. The average Bonchev–Trinajstić information content (AvgIpc) is 3.48. The molecule has 64 heavy (non-hydrogen) atoms. The van der Waals surface area contributed by atoms with Gasteiger partial charge in [-0.05, 0) is 94.5 Å². The highest BCUT2D eigenvalue weighted by atomic mass is 28.4. The van der Waals surface area contributed by atoms with Crippen molar-refractivity contribution in [3.63, 3.8) is 0 Å². The molecule has 2 unspecified atom stereocenters. The maximum Gasteiger partial charge on any atom is 0.416 e. The van der Waals surface area contributed by atoms with Crippen molar-refractivity contribution in [1.29, 1.82) is 0 Å². The number of nitrogens with zero attached hydrogens (tertiary/aromatic N) is 2. The van der Waals surface area contributed by atoms with Gasteiger partial charge < -0.3 is 18.0 Å². The lowest BCUT2D eigenvalue weighted by Crippen LogP contribution is -2.71. The SMILES string of the molecule is CC(C)(C)[Si](C)(C)OCc1c2c(n3c1[C@@H]1[C@H](C3)N1[Si](c1cc(C(F)(F)F)cc(C(F)(F)F)c1)(c1cc(C(F)(F)F)cc(C(F)(F)F)c1)C(C)(C)C)C(=O)CCC2O[Si](C)(C)C(C)(C)C. The first-order valence-corrected chi connectivity index (χ1v) is 28.8. The van der Waals surface area contributed by atoms with Crippen molar-refractivity contribution in [3.8, 4) is 0 Å². The number of carbonyl (C=O) groups is 1. The molecule has 3 heterocycles. The number of rotatable bonds is 8. The summed E-state index contributed by atoms with van der Waals surface area (Å²) in [5.74, 6) is -0.225. The third kappa shape index (κ3) is 8.62. The summed E-state index contributed by atoms with van der Waals surface area (Å²) < 4.78 is 194. The molecule has 1 aliphatic carbocycles. The van der Waals surface area contributed by atoms with Crippen molar-refractivity contribution in [2.24, 2.45) is 0 Å². The van der Waals surface area contributed by atoms with Gasteiger partial charge in [0.05, 0.1) is 46.7 Å². The van der Waals surface area contributed by atoms with E-state index in [0.29, 0.717) is 53.2 Å². The minimum Gasteiger partial charge on any atom is -0.412 e. The fraction of sp³-hybridized carbons (Fsp3) is 0.614. The third-order valence-corrected chi connectivity index (χ3v) is 29.1. The molecule has 1 aromatic heterocycles. The van der Waals surface area contributed by atoms with E-state index in [1.165, 1.54) is 20.8 Å². The molecule has 3 aliphatic rings. The molecule has 356 valence electrons. The van der Waals surface area contributed by atoms with Crippen molar-refractivity contribution in [2.45, 2.75) is 173 Å². The van der Waals surface area contributed by atoms with E-state index in [0.717, 1.165) is 0 Å². The van der Waals surface area contributed by atoms with Crippen LogP contribution < -0.4 is 10.4 Å². The first-order valence-electron chi connectivity index (χ1n) is 21.1. The van der Waals surface area contributed by atoms with Crippen molar-refractivity contribution in [2.75, 3.05) is 0 Å². The van der Waals surface area contributed by atoms with Crippen LogP contribution in [0.3, 0.4) is 0 Å². The summed E-state index contributed by atoms with van der Waals surface area (Å²) in [7, 11) is -10.1. The van der Waals surface area contributed by atoms with Crippen LogP contribution in [-0.4, -0.2) is 45.8 Å². The third-order valence-electron chi connectivity index (χ3n) is 14.4. The molecule has 3 aromatic rings. The summed E-state index contributed by atoms with van der Waals surface area (Å²) >= 11 is 0. The van der Waals surface area contributed by atoms with Gasteiger partial charge in [-0.2, -0.15) is 52.7 Å². The Labute approximate surface area is 369 Å². The summed E-state index contributed by atoms with van der Waals surface area (Å²) in [5, 5.41) is -3.51. The van der Waals surface area contributed by atoms with Gasteiger partial charge in [0, 0.05) is 35.8 Å². The van der Waals surface area contributed by atoms with Gasteiger partial charge in [0.15, 0.2) is 30.7 Å². The molecule has 2 aliphatic heterocycles. The lowest BCUT2D eigenvalue weighted by Gasteiger charge is -2.47. The minimum absolute atomic E-state index is 0.0675. The number of hydrogen-bond donors (Lipinski definition) is 0. The highest BCUT2D eigenvalue weighted by Crippen LogP contribution is 2.61. The summed E-state index contributed by atoms with van der Waals surface area (Å²) in [6, 6.07) is -0.211. The molecule has 6 rings (SSSR count). The van der Waals surface area contributed by atoms with Gasteiger partial charge in [0.25, 0.3) is 0 Å². The summed E-state index contributed by atoms with van der Waals surface area (Å²) in [5.41, 5.74) is -5.17. The number of Topliss-reactive ketones (excluding diaryl/α,β-unsaturated/α-hetero) is 1. The molecular weight excluding hydrogens is 917 g/mol. The number of ketones is 1. The van der Waals surface area contributed by atoms with Gasteiger partial charge in [-0.25, -0.2) is 0 Å².